The molecule has 0 spiro atoms. The highest BCUT2D eigenvalue weighted by Gasteiger charge is 2.51. The molecule has 10 atom stereocenters. The lowest BCUT2D eigenvalue weighted by Gasteiger charge is -2.47. The monoisotopic (exact) mass is 438 g/mol. The number of hydrogen-bond acceptors (Lipinski definition) is 11. The normalized spacial score (nSPS) is 42.1. The Kier molecular flexibility index (Phi) is 9.81. The van der Waals surface area contributed by atoms with E-state index in [1.807, 2.05) is 0 Å². The van der Waals surface area contributed by atoms with Crippen LogP contribution in [0.25, 0.3) is 0 Å². The van der Waals surface area contributed by atoms with Gasteiger partial charge in [-0.1, -0.05) is 6.92 Å². The lowest BCUT2D eigenvalue weighted by atomic mass is 9.95. The average Bonchev–Trinajstić information content (AvgIpc) is 2.72. The summed E-state index contributed by atoms with van der Waals surface area (Å²) in [6, 6.07) is -1.04. The maximum atomic E-state index is 11.6. The zero-order valence-electron chi connectivity index (χ0n) is 17.2. The molecule has 2 saturated heterocycles. The SMILES string of the molecule is CCC1OC(OC2C(CO)OC(OCCCN)C(NC(C)=O)C2O)C(O)C(O)C1O. The minimum atomic E-state index is -1.60. The molecule has 8 N–H and O–H groups in total. The van der Waals surface area contributed by atoms with Crippen LogP contribution >= 0.6 is 0 Å². The fraction of sp³-hybridized carbons (Fsp3) is 0.944. The fourth-order valence-corrected chi connectivity index (χ4v) is 3.57. The van der Waals surface area contributed by atoms with Crippen LogP contribution in [-0.2, 0) is 23.7 Å². The third-order valence-electron chi connectivity index (χ3n) is 5.22. The van der Waals surface area contributed by atoms with Crippen molar-refractivity contribution < 1.29 is 49.3 Å². The van der Waals surface area contributed by atoms with E-state index in [0.717, 1.165) is 0 Å². The molecule has 0 aromatic heterocycles. The Morgan fingerprint density at radius 2 is 1.70 bits per heavy atom. The van der Waals surface area contributed by atoms with E-state index in [2.05, 4.69) is 5.32 Å². The molecular formula is C18H34N2O10. The van der Waals surface area contributed by atoms with Gasteiger partial charge in [-0.05, 0) is 19.4 Å². The first-order valence-corrected chi connectivity index (χ1v) is 10.1. The zero-order valence-corrected chi connectivity index (χ0v) is 17.2. The van der Waals surface area contributed by atoms with E-state index in [1.54, 1.807) is 6.92 Å². The van der Waals surface area contributed by atoms with Crippen LogP contribution in [0, 0.1) is 0 Å². The molecule has 10 unspecified atom stereocenters. The number of ether oxygens (including phenoxy) is 4. The highest BCUT2D eigenvalue weighted by atomic mass is 16.7. The van der Waals surface area contributed by atoms with Gasteiger partial charge in [-0.3, -0.25) is 4.79 Å². The maximum absolute atomic E-state index is 11.6. The van der Waals surface area contributed by atoms with Crippen molar-refractivity contribution in [3.05, 3.63) is 0 Å². The average molecular weight is 438 g/mol. The number of aliphatic hydroxyl groups is 5. The zero-order chi connectivity index (χ0) is 22.4. The van der Waals surface area contributed by atoms with Gasteiger partial charge in [0.05, 0.1) is 19.3 Å². The summed E-state index contributed by atoms with van der Waals surface area (Å²) in [4.78, 5) is 11.6. The van der Waals surface area contributed by atoms with Gasteiger partial charge in [0.2, 0.25) is 5.91 Å². The van der Waals surface area contributed by atoms with Gasteiger partial charge in [0.15, 0.2) is 12.6 Å². The molecule has 2 aliphatic heterocycles. The van der Waals surface area contributed by atoms with E-state index in [1.165, 1.54) is 6.92 Å². The molecule has 2 aliphatic rings. The molecule has 12 heteroatoms. The van der Waals surface area contributed by atoms with Crippen molar-refractivity contribution in [1.82, 2.24) is 5.32 Å². The lowest BCUT2D eigenvalue weighted by molar-refractivity contribution is -0.346. The van der Waals surface area contributed by atoms with Crippen molar-refractivity contribution in [3.8, 4) is 0 Å². The third-order valence-corrected chi connectivity index (χ3v) is 5.22. The largest absolute Gasteiger partial charge is 0.394 e. The number of aliphatic hydroxyl groups excluding tert-OH is 5. The minimum absolute atomic E-state index is 0.209. The van der Waals surface area contributed by atoms with Gasteiger partial charge in [-0.2, -0.15) is 0 Å². The Bertz CT molecular complexity index is 539. The van der Waals surface area contributed by atoms with Crippen molar-refractivity contribution >= 4 is 5.91 Å². The highest BCUT2D eigenvalue weighted by molar-refractivity contribution is 5.73. The van der Waals surface area contributed by atoms with E-state index in [-0.39, 0.29) is 6.61 Å². The van der Waals surface area contributed by atoms with Gasteiger partial charge in [0.1, 0.15) is 42.7 Å². The van der Waals surface area contributed by atoms with E-state index in [4.69, 9.17) is 24.7 Å². The number of nitrogens with one attached hydrogen (secondary N) is 1. The Morgan fingerprint density at radius 1 is 1.03 bits per heavy atom. The predicted molar refractivity (Wildman–Crippen MR) is 101 cm³/mol. The standard InChI is InChI=1S/C18H34N2O10/c1-3-9-12(23)14(25)15(26)18(28-9)30-16-10(7-21)29-17(27-6-4-5-19)11(13(16)24)20-8(2)22/h9-18,21,23-26H,3-7,19H2,1-2H3,(H,20,22). The lowest BCUT2D eigenvalue weighted by Crippen LogP contribution is -2.67. The molecule has 0 aliphatic carbocycles. The van der Waals surface area contributed by atoms with E-state index in [9.17, 15) is 30.3 Å². The first kappa shape index (κ1) is 25.3. The van der Waals surface area contributed by atoms with Crippen molar-refractivity contribution in [2.45, 2.75) is 88.0 Å². The van der Waals surface area contributed by atoms with Gasteiger partial charge in [-0.15, -0.1) is 0 Å². The molecule has 0 radical (unpaired) electrons. The summed E-state index contributed by atoms with van der Waals surface area (Å²) in [5, 5.41) is 53.5. The van der Waals surface area contributed by atoms with Crippen molar-refractivity contribution in [1.29, 1.82) is 0 Å². The van der Waals surface area contributed by atoms with Crippen molar-refractivity contribution in [2.24, 2.45) is 5.73 Å². The molecule has 176 valence electrons. The van der Waals surface area contributed by atoms with Gasteiger partial charge in [0, 0.05) is 6.92 Å². The fourth-order valence-electron chi connectivity index (χ4n) is 3.57. The predicted octanol–water partition coefficient (Wildman–Crippen LogP) is -3.46. The quantitative estimate of drug-likeness (QED) is 0.177. The number of rotatable bonds is 9. The van der Waals surface area contributed by atoms with Crippen LogP contribution in [-0.4, -0.2) is 113 Å². The van der Waals surface area contributed by atoms with Crippen LogP contribution in [0.3, 0.4) is 0 Å². The van der Waals surface area contributed by atoms with Gasteiger partial charge in [0.25, 0.3) is 0 Å². The number of carbonyl (C=O) groups is 1. The van der Waals surface area contributed by atoms with Crippen LogP contribution in [0.5, 0.6) is 0 Å². The van der Waals surface area contributed by atoms with Crippen LogP contribution < -0.4 is 11.1 Å². The van der Waals surface area contributed by atoms with E-state index in [0.29, 0.717) is 19.4 Å². The Labute approximate surface area is 174 Å². The smallest absolute Gasteiger partial charge is 0.217 e. The van der Waals surface area contributed by atoms with E-state index >= 15 is 0 Å². The Morgan fingerprint density at radius 3 is 2.27 bits per heavy atom. The Hall–Kier alpha value is -0.930. The molecule has 12 nitrogen and oxygen atoms in total. The summed E-state index contributed by atoms with van der Waals surface area (Å²) in [5.41, 5.74) is 5.45. The summed E-state index contributed by atoms with van der Waals surface area (Å²) in [7, 11) is 0. The molecule has 0 aromatic carbocycles. The molecule has 30 heavy (non-hydrogen) atoms. The molecule has 2 rings (SSSR count). The van der Waals surface area contributed by atoms with E-state index < -0.39 is 73.9 Å². The summed E-state index contributed by atoms with van der Waals surface area (Å²) >= 11 is 0. The van der Waals surface area contributed by atoms with Gasteiger partial charge >= 0.3 is 0 Å². The second-order valence-corrected chi connectivity index (χ2v) is 7.48. The third kappa shape index (κ3) is 5.85. The summed E-state index contributed by atoms with van der Waals surface area (Å²) in [6.07, 6.45) is -10.6. The first-order chi connectivity index (χ1) is 14.2. The van der Waals surface area contributed by atoms with Crippen LogP contribution in [0.2, 0.25) is 0 Å². The number of nitrogens with two attached hydrogens (primary N) is 1. The molecule has 1 amide bonds. The molecule has 0 saturated carbocycles. The summed E-state index contributed by atoms with van der Waals surface area (Å²) in [5.74, 6) is -0.449. The van der Waals surface area contributed by atoms with Crippen LogP contribution in [0.15, 0.2) is 0 Å². The first-order valence-electron chi connectivity index (χ1n) is 10.1. The van der Waals surface area contributed by atoms with Crippen LogP contribution in [0.4, 0.5) is 0 Å². The maximum Gasteiger partial charge on any atom is 0.217 e. The van der Waals surface area contributed by atoms with Crippen molar-refractivity contribution in [3.63, 3.8) is 0 Å². The number of amides is 1. The number of carbonyl (C=O) groups excluding carboxylic acids is 1. The molecule has 2 heterocycles. The minimum Gasteiger partial charge on any atom is -0.394 e. The summed E-state index contributed by atoms with van der Waals surface area (Å²) in [6.45, 7) is 3.01. The summed E-state index contributed by atoms with van der Waals surface area (Å²) < 4.78 is 22.5. The van der Waals surface area contributed by atoms with Gasteiger partial charge in [-0.25, -0.2) is 0 Å². The molecular weight excluding hydrogens is 404 g/mol. The Balaban J connectivity index is 2.18. The topological polar surface area (TPSA) is 193 Å². The van der Waals surface area contributed by atoms with Crippen LogP contribution in [0.1, 0.15) is 26.7 Å². The second-order valence-electron chi connectivity index (χ2n) is 7.48. The second kappa shape index (κ2) is 11.6. The highest BCUT2D eigenvalue weighted by Crippen LogP contribution is 2.30. The van der Waals surface area contributed by atoms with Gasteiger partial charge < -0.3 is 55.5 Å². The molecule has 2 fully saturated rings. The molecule has 0 bridgehead atoms. The number of hydrogen-bond donors (Lipinski definition) is 7. The van der Waals surface area contributed by atoms with Crippen molar-refractivity contribution in [2.75, 3.05) is 19.8 Å². The molecule has 0 aromatic rings.